The fraction of sp³-hybridized carbons (Fsp3) is 0.700. The van der Waals surface area contributed by atoms with Crippen LogP contribution in [0.4, 0.5) is 0 Å². The lowest BCUT2D eigenvalue weighted by atomic mass is 10.0. The minimum Gasteiger partial charge on any atom is -0.344 e. The van der Waals surface area contributed by atoms with Crippen molar-refractivity contribution in [3.05, 3.63) is 17.2 Å². The van der Waals surface area contributed by atoms with Crippen LogP contribution in [0.2, 0.25) is 0 Å². The van der Waals surface area contributed by atoms with E-state index in [1.54, 1.807) is 0 Å². The smallest absolute Gasteiger partial charge is 0.123 e. The maximum Gasteiger partial charge on any atom is 0.123 e. The van der Waals surface area contributed by atoms with E-state index >= 15 is 0 Å². The van der Waals surface area contributed by atoms with Crippen LogP contribution in [0.25, 0.3) is 0 Å². The third kappa shape index (κ3) is 1.61. The fourth-order valence-corrected chi connectivity index (χ4v) is 1.84. The Kier molecular flexibility index (Phi) is 2.36. The number of fused-ring (bicyclic) bond motifs is 1. The van der Waals surface area contributed by atoms with Gasteiger partial charge >= 0.3 is 0 Å². The van der Waals surface area contributed by atoms with E-state index in [2.05, 4.69) is 16.9 Å². The molecule has 0 unspecified atom stereocenters. The normalized spacial score (nSPS) is 18.3. The minimum absolute atomic E-state index is 0.0885. The predicted molar refractivity (Wildman–Crippen MR) is 52.4 cm³/mol. The highest BCUT2D eigenvalue weighted by atomic mass is 15.0. The van der Waals surface area contributed by atoms with Crippen molar-refractivity contribution < 1.29 is 0 Å². The van der Waals surface area contributed by atoms with Crippen LogP contribution in [-0.2, 0) is 12.8 Å². The van der Waals surface area contributed by atoms with Crippen LogP contribution in [-0.4, -0.2) is 9.97 Å². The van der Waals surface area contributed by atoms with Crippen molar-refractivity contribution in [3.8, 4) is 0 Å². The van der Waals surface area contributed by atoms with Crippen LogP contribution >= 0.6 is 0 Å². The largest absolute Gasteiger partial charge is 0.344 e. The second kappa shape index (κ2) is 3.50. The third-order valence-corrected chi connectivity index (χ3v) is 2.76. The number of nitrogens with two attached hydrogens (primary N) is 1. The van der Waals surface area contributed by atoms with E-state index in [0.29, 0.717) is 0 Å². The first kappa shape index (κ1) is 8.75. The summed E-state index contributed by atoms with van der Waals surface area (Å²) in [5, 5.41) is 0. The molecule has 0 radical (unpaired) electrons. The second-order valence-electron chi connectivity index (χ2n) is 3.77. The maximum absolute atomic E-state index is 5.91. The molecule has 2 rings (SSSR count). The number of imidazole rings is 1. The highest BCUT2D eigenvalue weighted by molar-refractivity contribution is 5.18. The summed E-state index contributed by atoms with van der Waals surface area (Å²) in [6, 6.07) is 0.0885. The van der Waals surface area contributed by atoms with Crippen LogP contribution in [0.1, 0.15) is 49.4 Å². The van der Waals surface area contributed by atoms with Gasteiger partial charge in [0.05, 0.1) is 11.7 Å². The summed E-state index contributed by atoms with van der Waals surface area (Å²) in [5.41, 5.74) is 8.49. The lowest BCUT2D eigenvalue weighted by Gasteiger charge is -2.07. The summed E-state index contributed by atoms with van der Waals surface area (Å²) in [6.07, 6.45) is 5.79. The first-order chi connectivity index (χ1) is 6.31. The second-order valence-corrected chi connectivity index (χ2v) is 3.77. The molecule has 0 saturated carbocycles. The lowest BCUT2D eigenvalue weighted by Crippen LogP contribution is -2.10. The number of H-pyrrole nitrogens is 1. The van der Waals surface area contributed by atoms with Gasteiger partial charge in [0.25, 0.3) is 0 Å². The number of aromatic nitrogens is 2. The molecule has 0 aromatic carbocycles. The van der Waals surface area contributed by atoms with Crippen LogP contribution in [0.15, 0.2) is 0 Å². The van der Waals surface area contributed by atoms with E-state index in [4.69, 9.17) is 5.73 Å². The van der Waals surface area contributed by atoms with Crippen molar-refractivity contribution in [2.75, 3.05) is 0 Å². The highest BCUT2D eigenvalue weighted by Crippen LogP contribution is 2.21. The zero-order valence-electron chi connectivity index (χ0n) is 8.14. The summed E-state index contributed by atoms with van der Waals surface area (Å²) in [7, 11) is 0. The molecule has 3 nitrogen and oxygen atoms in total. The Bertz CT molecular complexity index is 267. The quantitative estimate of drug-likeness (QED) is 0.726. The molecule has 1 aromatic rings. The van der Waals surface area contributed by atoms with Gasteiger partial charge < -0.3 is 10.7 Å². The van der Waals surface area contributed by atoms with Crippen molar-refractivity contribution in [1.82, 2.24) is 9.97 Å². The Morgan fingerprint density at radius 2 is 2.23 bits per heavy atom. The van der Waals surface area contributed by atoms with Crippen LogP contribution < -0.4 is 5.73 Å². The van der Waals surface area contributed by atoms with Gasteiger partial charge in [-0.1, -0.05) is 6.92 Å². The van der Waals surface area contributed by atoms with Gasteiger partial charge in [0.1, 0.15) is 5.82 Å². The Balaban J connectivity index is 2.25. The first-order valence-corrected chi connectivity index (χ1v) is 5.14. The Morgan fingerprint density at radius 1 is 1.46 bits per heavy atom. The average Bonchev–Trinajstić information content (AvgIpc) is 2.59. The molecule has 1 aliphatic rings. The SMILES string of the molecule is CC[C@H](N)c1nc2c([nH]1)CCCC2. The number of aryl methyl sites for hydroxylation is 2. The molecule has 0 fully saturated rings. The summed E-state index contributed by atoms with van der Waals surface area (Å²) >= 11 is 0. The molecule has 13 heavy (non-hydrogen) atoms. The minimum atomic E-state index is 0.0885. The highest BCUT2D eigenvalue weighted by Gasteiger charge is 2.16. The molecule has 0 spiro atoms. The van der Waals surface area contributed by atoms with E-state index in [1.165, 1.54) is 24.2 Å². The van der Waals surface area contributed by atoms with Crippen LogP contribution in [0.3, 0.4) is 0 Å². The average molecular weight is 179 g/mol. The van der Waals surface area contributed by atoms with Gasteiger partial charge in [-0.25, -0.2) is 4.98 Å². The Hall–Kier alpha value is -0.830. The third-order valence-electron chi connectivity index (χ3n) is 2.76. The molecule has 1 atom stereocenters. The van der Waals surface area contributed by atoms with Gasteiger partial charge in [0, 0.05) is 5.69 Å². The van der Waals surface area contributed by atoms with Crippen LogP contribution in [0.5, 0.6) is 0 Å². The van der Waals surface area contributed by atoms with E-state index in [1.807, 2.05) is 0 Å². The van der Waals surface area contributed by atoms with Crippen LogP contribution in [0, 0.1) is 0 Å². The molecule has 3 N–H and O–H groups in total. The summed E-state index contributed by atoms with van der Waals surface area (Å²) in [4.78, 5) is 7.89. The van der Waals surface area contributed by atoms with Gasteiger partial charge in [-0.15, -0.1) is 0 Å². The van der Waals surface area contributed by atoms with Crippen molar-refractivity contribution in [2.24, 2.45) is 5.73 Å². The molecule has 0 aliphatic heterocycles. The van der Waals surface area contributed by atoms with E-state index in [9.17, 15) is 0 Å². The number of hydrogen-bond donors (Lipinski definition) is 2. The fourth-order valence-electron chi connectivity index (χ4n) is 1.84. The molecule has 3 heteroatoms. The molecule has 72 valence electrons. The van der Waals surface area contributed by atoms with E-state index in [-0.39, 0.29) is 6.04 Å². The number of rotatable bonds is 2. The lowest BCUT2D eigenvalue weighted by molar-refractivity contribution is 0.655. The topological polar surface area (TPSA) is 54.7 Å². The molecule has 0 amide bonds. The number of nitrogens with one attached hydrogen (secondary N) is 1. The molecule has 0 saturated heterocycles. The molecule has 1 aromatic heterocycles. The summed E-state index contributed by atoms with van der Waals surface area (Å²) in [5.74, 6) is 0.981. The molecule has 0 bridgehead atoms. The number of aromatic amines is 1. The molecular formula is C10H17N3. The molecular weight excluding hydrogens is 162 g/mol. The van der Waals surface area contributed by atoms with Crippen molar-refractivity contribution in [3.63, 3.8) is 0 Å². The maximum atomic E-state index is 5.91. The van der Waals surface area contributed by atoms with E-state index in [0.717, 1.165) is 25.1 Å². The predicted octanol–water partition coefficient (Wildman–Crippen LogP) is 1.70. The number of hydrogen-bond acceptors (Lipinski definition) is 2. The standard InChI is InChI=1S/C10H17N3/c1-2-7(11)10-12-8-5-3-4-6-9(8)13-10/h7H,2-6,11H2,1H3,(H,12,13)/t7-/m0/s1. The van der Waals surface area contributed by atoms with Gasteiger partial charge in [0.2, 0.25) is 0 Å². The van der Waals surface area contributed by atoms with Crippen molar-refractivity contribution in [2.45, 2.75) is 45.1 Å². The van der Waals surface area contributed by atoms with Gasteiger partial charge in [-0.3, -0.25) is 0 Å². The summed E-state index contributed by atoms with van der Waals surface area (Å²) in [6.45, 7) is 2.09. The van der Waals surface area contributed by atoms with Gasteiger partial charge in [-0.2, -0.15) is 0 Å². The molecule has 1 heterocycles. The van der Waals surface area contributed by atoms with Gasteiger partial charge in [0.15, 0.2) is 0 Å². The summed E-state index contributed by atoms with van der Waals surface area (Å²) < 4.78 is 0. The van der Waals surface area contributed by atoms with Gasteiger partial charge in [-0.05, 0) is 32.1 Å². The monoisotopic (exact) mass is 179 g/mol. The Morgan fingerprint density at radius 3 is 2.92 bits per heavy atom. The number of nitrogens with zero attached hydrogens (tertiary/aromatic N) is 1. The zero-order chi connectivity index (χ0) is 9.26. The van der Waals surface area contributed by atoms with E-state index < -0.39 is 0 Å². The van der Waals surface area contributed by atoms with Crippen molar-refractivity contribution >= 4 is 0 Å². The molecule has 1 aliphatic carbocycles. The Labute approximate surface area is 78.7 Å². The zero-order valence-corrected chi connectivity index (χ0v) is 8.14. The van der Waals surface area contributed by atoms with Crippen molar-refractivity contribution in [1.29, 1.82) is 0 Å². The first-order valence-electron chi connectivity index (χ1n) is 5.14.